The zero-order valence-electron chi connectivity index (χ0n) is 12.3. The number of hydrogen-bond donors (Lipinski definition) is 1. The molecule has 3 atom stereocenters. The number of ether oxygens (including phenoxy) is 1. The van der Waals surface area contributed by atoms with Crippen molar-refractivity contribution in [3.63, 3.8) is 0 Å². The van der Waals surface area contributed by atoms with Crippen molar-refractivity contribution in [2.75, 3.05) is 31.6 Å². The normalized spacial score (nSPS) is 31.0. The first-order valence-corrected chi connectivity index (χ1v) is 7.96. The van der Waals surface area contributed by atoms with Gasteiger partial charge in [0.15, 0.2) is 0 Å². The Balaban J connectivity index is 1.93. The molecule has 0 spiro atoms. The third-order valence-corrected chi connectivity index (χ3v) is 4.99. The highest BCUT2D eigenvalue weighted by Crippen LogP contribution is 2.40. The lowest BCUT2D eigenvalue weighted by Gasteiger charge is -2.42. The van der Waals surface area contributed by atoms with Crippen LogP contribution in [0.25, 0.3) is 0 Å². The van der Waals surface area contributed by atoms with Crippen LogP contribution in [0.15, 0.2) is 24.3 Å². The van der Waals surface area contributed by atoms with Crippen molar-refractivity contribution >= 4 is 23.3 Å². The predicted octanol–water partition coefficient (Wildman–Crippen LogP) is 2.78. The minimum atomic E-state index is -0.645. The number of anilines is 1. The van der Waals surface area contributed by atoms with E-state index < -0.39 is 5.54 Å². The number of nitrogens with one attached hydrogen (secondary N) is 1. The molecule has 1 aromatic rings. The average molecular weight is 309 g/mol. The van der Waals surface area contributed by atoms with Crippen molar-refractivity contribution in [2.24, 2.45) is 5.92 Å². The highest BCUT2D eigenvalue weighted by Gasteiger charge is 2.52. The van der Waals surface area contributed by atoms with Crippen LogP contribution in [0, 0.1) is 5.92 Å². The van der Waals surface area contributed by atoms with E-state index in [1.165, 1.54) is 0 Å². The van der Waals surface area contributed by atoms with Crippen LogP contribution in [0.2, 0.25) is 5.02 Å². The Morgan fingerprint density at radius 1 is 1.48 bits per heavy atom. The Labute approximate surface area is 130 Å². The Hall–Kier alpha value is -1.26. The van der Waals surface area contributed by atoms with E-state index in [0.29, 0.717) is 11.6 Å². The predicted molar refractivity (Wildman–Crippen MR) is 83.6 cm³/mol. The lowest BCUT2D eigenvalue weighted by Crippen LogP contribution is -2.58. The maximum atomic E-state index is 12.7. The third kappa shape index (κ3) is 2.62. The fraction of sp³-hybridized carbons (Fsp3) is 0.562. The minimum absolute atomic E-state index is 0.142. The summed E-state index contributed by atoms with van der Waals surface area (Å²) < 4.78 is 5.38. The van der Waals surface area contributed by atoms with Gasteiger partial charge in [0.2, 0.25) is 0 Å². The van der Waals surface area contributed by atoms with Gasteiger partial charge in [0.25, 0.3) is 0 Å². The summed E-state index contributed by atoms with van der Waals surface area (Å²) in [7, 11) is 0. The van der Waals surface area contributed by atoms with Crippen LogP contribution in [0.1, 0.15) is 19.8 Å². The van der Waals surface area contributed by atoms with Crippen LogP contribution in [-0.2, 0) is 9.53 Å². The van der Waals surface area contributed by atoms with Crippen molar-refractivity contribution in [1.29, 1.82) is 0 Å². The van der Waals surface area contributed by atoms with Gasteiger partial charge < -0.3 is 15.0 Å². The maximum Gasteiger partial charge on any atom is 0.332 e. The zero-order valence-corrected chi connectivity index (χ0v) is 13.0. The fourth-order valence-electron chi connectivity index (χ4n) is 3.52. The van der Waals surface area contributed by atoms with Gasteiger partial charge >= 0.3 is 5.97 Å². The molecule has 2 heterocycles. The maximum absolute atomic E-state index is 12.7. The van der Waals surface area contributed by atoms with Crippen LogP contribution in [0.3, 0.4) is 0 Å². The molecule has 3 unspecified atom stereocenters. The van der Waals surface area contributed by atoms with Gasteiger partial charge in [-0.2, -0.15) is 0 Å². The SMILES string of the molecule is CCOC(=O)C1(Nc2ccccc2Cl)CCN2CCC1C2. The van der Waals surface area contributed by atoms with Crippen LogP contribution >= 0.6 is 11.6 Å². The largest absolute Gasteiger partial charge is 0.464 e. The molecule has 0 saturated carbocycles. The van der Waals surface area contributed by atoms with E-state index in [1.807, 2.05) is 31.2 Å². The monoisotopic (exact) mass is 308 g/mol. The number of piperidine rings is 1. The van der Waals surface area contributed by atoms with E-state index in [1.54, 1.807) is 0 Å². The molecular weight excluding hydrogens is 288 g/mol. The van der Waals surface area contributed by atoms with Gasteiger partial charge in [-0.05, 0) is 38.4 Å². The van der Waals surface area contributed by atoms with Crippen molar-refractivity contribution in [3.8, 4) is 0 Å². The number of para-hydroxylation sites is 1. The Bertz CT molecular complexity index is 537. The van der Waals surface area contributed by atoms with Gasteiger partial charge in [-0.15, -0.1) is 0 Å². The summed E-state index contributed by atoms with van der Waals surface area (Å²) in [6.45, 7) is 5.20. The first-order chi connectivity index (χ1) is 10.2. The molecule has 4 nitrogen and oxygen atoms in total. The molecule has 0 aliphatic carbocycles. The topological polar surface area (TPSA) is 41.6 Å². The summed E-state index contributed by atoms with van der Waals surface area (Å²) in [6, 6.07) is 7.58. The van der Waals surface area contributed by atoms with Gasteiger partial charge in [0, 0.05) is 19.0 Å². The van der Waals surface area contributed by atoms with Crippen LogP contribution in [0.5, 0.6) is 0 Å². The van der Waals surface area contributed by atoms with Crippen LogP contribution < -0.4 is 5.32 Å². The number of fused-ring (bicyclic) bond motifs is 2. The lowest BCUT2D eigenvalue weighted by molar-refractivity contribution is -0.151. The summed E-state index contributed by atoms with van der Waals surface area (Å²) in [5.41, 5.74) is 0.168. The molecular formula is C16H21ClN2O2. The van der Waals surface area contributed by atoms with Crippen LogP contribution in [0.4, 0.5) is 5.69 Å². The van der Waals surface area contributed by atoms with E-state index in [4.69, 9.17) is 16.3 Å². The highest BCUT2D eigenvalue weighted by molar-refractivity contribution is 6.33. The molecule has 3 rings (SSSR count). The van der Waals surface area contributed by atoms with Crippen molar-refractivity contribution in [2.45, 2.75) is 25.3 Å². The lowest BCUT2D eigenvalue weighted by atomic mass is 9.78. The molecule has 0 aromatic heterocycles. The second kappa shape index (κ2) is 5.85. The standard InChI is InChI=1S/C16H21ClN2O2/c1-2-21-15(20)16(8-10-19-9-7-12(16)11-19)18-14-6-4-3-5-13(14)17/h3-6,12,18H,2,7-11H2,1H3. The van der Waals surface area contributed by atoms with Gasteiger partial charge in [-0.1, -0.05) is 23.7 Å². The Morgan fingerprint density at radius 2 is 2.29 bits per heavy atom. The highest BCUT2D eigenvalue weighted by atomic mass is 35.5. The van der Waals surface area contributed by atoms with Gasteiger partial charge in [-0.25, -0.2) is 4.79 Å². The third-order valence-electron chi connectivity index (χ3n) is 4.66. The van der Waals surface area contributed by atoms with Gasteiger partial charge in [-0.3, -0.25) is 0 Å². The second-order valence-corrected chi connectivity index (χ2v) is 6.24. The van der Waals surface area contributed by atoms with Crippen molar-refractivity contribution in [1.82, 2.24) is 4.90 Å². The molecule has 2 aliphatic heterocycles. The number of carbonyl (C=O) groups excluding carboxylic acids is 1. The molecule has 5 heteroatoms. The number of nitrogens with zero attached hydrogens (tertiary/aromatic N) is 1. The molecule has 2 fully saturated rings. The van der Waals surface area contributed by atoms with E-state index >= 15 is 0 Å². The zero-order chi connectivity index (χ0) is 14.9. The number of halogens is 1. The summed E-state index contributed by atoms with van der Waals surface area (Å²) in [5.74, 6) is 0.137. The molecule has 2 saturated heterocycles. The molecule has 114 valence electrons. The molecule has 1 N–H and O–H groups in total. The summed E-state index contributed by atoms with van der Waals surface area (Å²) >= 11 is 6.26. The number of rotatable bonds is 4. The minimum Gasteiger partial charge on any atom is -0.464 e. The Morgan fingerprint density at radius 3 is 3.05 bits per heavy atom. The van der Waals surface area contributed by atoms with E-state index in [-0.39, 0.29) is 11.9 Å². The van der Waals surface area contributed by atoms with Crippen molar-refractivity contribution in [3.05, 3.63) is 29.3 Å². The average Bonchev–Trinajstić information content (AvgIpc) is 2.89. The van der Waals surface area contributed by atoms with Crippen LogP contribution in [-0.4, -0.2) is 42.6 Å². The van der Waals surface area contributed by atoms with E-state index in [0.717, 1.165) is 38.2 Å². The summed E-state index contributed by atoms with van der Waals surface area (Å²) in [6.07, 6.45) is 1.79. The van der Waals surface area contributed by atoms with Gasteiger partial charge in [0.05, 0.1) is 17.3 Å². The molecule has 21 heavy (non-hydrogen) atoms. The molecule has 1 aromatic carbocycles. The number of esters is 1. The summed E-state index contributed by atoms with van der Waals surface area (Å²) in [4.78, 5) is 15.1. The van der Waals surface area contributed by atoms with Crippen molar-refractivity contribution < 1.29 is 9.53 Å². The fourth-order valence-corrected chi connectivity index (χ4v) is 3.71. The quantitative estimate of drug-likeness (QED) is 0.869. The summed E-state index contributed by atoms with van der Waals surface area (Å²) in [5, 5.41) is 4.08. The number of hydrogen-bond acceptors (Lipinski definition) is 4. The second-order valence-electron chi connectivity index (χ2n) is 5.83. The van der Waals surface area contributed by atoms with E-state index in [2.05, 4.69) is 10.2 Å². The molecule has 0 radical (unpaired) electrons. The van der Waals surface area contributed by atoms with Gasteiger partial charge in [0.1, 0.15) is 5.54 Å². The first-order valence-electron chi connectivity index (χ1n) is 7.58. The smallest absolute Gasteiger partial charge is 0.332 e. The first kappa shape index (κ1) is 14.7. The number of carbonyl (C=O) groups is 1. The Kier molecular flexibility index (Phi) is 4.09. The number of benzene rings is 1. The van der Waals surface area contributed by atoms with E-state index in [9.17, 15) is 4.79 Å². The molecule has 2 bridgehead atoms. The molecule has 0 amide bonds. The molecule has 2 aliphatic rings.